The highest BCUT2D eigenvalue weighted by atomic mass is 32.2. The van der Waals surface area contributed by atoms with Crippen molar-refractivity contribution in [2.45, 2.75) is 51.6 Å². The van der Waals surface area contributed by atoms with E-state index in [2.05, 4.69) is 19.2 Å². The molecule has 9 heteroatoms. The number of hydrogen-bond acceptors (Lipinski definition) is 7. The molecule has 1 atom stereocenters. The summed E-state index contributed by atoms with van der Waals surface area (Å²) in [6.07, 6.45) is 0. The highest BCUT2D eigenvalue weighted by Crippen LogP contribution is 2.33. The van der Waals surface area contributed by atoms with E-state index >= 15 is 0 Å². The van der Waals surface area contributed by atoms with Crippen LogP contribution in [0.5, 0.6) is 5.75 Å². The quantitative estimate of drug-likeness (QED) is 0.325. The summed E-state index contributed by atoms with van der Waals surface area (Å²) < 4.78 is 7.07. The van der Waals surface area contributed by atoms with Gasteiger partial charge in [0, 0.05) is 17.0 Å². The molecule has 0 fully saturated rings. The highest BCUT2D eigenvalue weighted by molar-refractivity contribution is 8.00. The van der Waals surface area contributed by atoms with Gasteiger partial charge < -0.3 is 10.1 Å². The Hall–Kier alpha value is -2.65. The van der Waals surface area contributed by atoms with Crippen molar-refractivity contribution in [2.24, 2.45) is 5.92 Å². The van der Waals surface area contributed by atoms with Gasteiger partial charge in [0.05, 0.1) is 16.3 Å². The third-order valence-corrected chi connectivity index (χ3v) is 7.54. The van der Waals surface area contributed by atoms with Crippen LogP contribution in [0.25, 0.3) is 10.2 Å². The maximum absolute atomic E-state index is 13.3. The predicted molar refractivity (Wildman–Crippen MR) is 128 cm³/mol. The Kier molecular flexibility index (Phi) is 6.13. The van der Waals surface area contributed by atoms with E-state index in [9.17, 15) is 14.4 Å². The van der Waals surface area contributed by atoms with E-state index in [1.165, 1.54) is 23.1 Å². The van der Waals surface area contributed by atoms with E-state index in [1.807, 2.05) is 20.8 Å². The summed E-state index contributed by atoms with van der Waals surface area (Å²) in [5.74, 6) is 0.437. The lowest BCUT2D eigenvalue weighted by atomic mass is 10.1. The lowest BCUT2D eigenvalue weighted by molar-refractivity contribution is -0.118. The summed E-state index contributed by atoms with van der Waals surface area (Å²) in [6.45, 7) is 10.4. The average Bonchev–Trinajstić information content (AvgIpc) is 3.02. The zero-order chi connectivity index (χ0) is 23.2. The van der Waals surface area contributed by atoms with Crippen LogP contribution in [0, 0.1) is 19.8 Å². The number of thiophene rings is 1. The van der Waals surface area contributed by atoms with Gasteiger partial charge in [0.25, 0.3) is 11.5 Å². The number of fused-ring (bicyclic) bond motifs is 2. The predicted octanol–water partition coefficient (Wildman–Crippen LogP) is 4.43. The fraction of sp³-hybridized carbons (Fsp3) is 0.391. The molecule has 7 nitrogen and oxygen atoms in total. The monoisotopic (exact) mass is 471 g/mol. The number of anilines is 1. The molecule has 32 heavy (non-hydrogen) atoms. The molecule has 1 amide bonds. The summed E-state index contributed by atoms with van der Waals surface area (Å²) in [5, 5.41) is 3.47. The van der Waals surface area contributed by atoms with Crippen LogP contribution in [0.15, 0.2) is 28.2 Å². The van der Waals surface area contributed by atoms with Crippen LogP contribution in [0.2, 0.25) is 0 Å². The number of ether oxygens (including phenoxy) is 1. The maximum Gasteiger partial charge on any atom is 0.263 e. The van der Waals surface area contributed by atoms with Crippen LogP contribution in [-0.4, -0.2) is 33.1 Å². The summed E-state index contributed by atoms with van der Waals surface area (Å²) >= 11 is 2.79. The molecule has 0 radical (unpaired) electrons. The van der Waals surface area contributed by atoms with Gasteiger partial charge in [-0.2, -0.15) is 0 Å². The van der Waals surface area contributed by atoms with E-state index in [-0.39, 0.29) is 29.8 Å². The molecule has 1 aromatic carbocycles. The van der Waals surface area contributed by atoms with E-state index in [4.69, 9.17) is 9.72 Å². The number of Topliss-reactive ketones (excluding diaryl/α,β-unsaturated/α-hetero) is 1. The van der Waals surface area contributed by atoms with Gasteiger partial charge in [0.1, 0.15) is 10.6 Å². The number of carbonyl (C=O) groups is 2. The number of thioether (sulfide) groups is 1. The second-order valence-electron chi connectivity index (χ2n) is 8.34. The lowest BCUT2D eigenvalue weighted by Gasteiger charge is -2.19. The number of amides is 1. The van der Waals surface area contributed by atoms with Gasteiger partial charge in [-0.15, -0.1) is 11.3 Å². The molecule has 0 saturated heterocycles. The van der Waals surface area contributed by atoms with Gasteiger partial charge >= 0.3 is 0 Å². The Balaban J connectivity index is 1.68. The Morgan fingerprint density at radius 1 is 1.28 bits per heavy atom. The molecule has 3 aromatic rings. The summed E-state index contributed by atoms with van der Waals surface area (Å²) in [7, 11) is 0. The fourth-order valence-corrected chi connectivity index (χ4v) is 5.67. The van der Waals surface area contributed by atoms with Crippen molar-refractivity contribution < 1.29 is 14.3 Å². The maximum atomic E-state index is 13.3. The second-order valence-corrected chi connectivity index (χ2v) is 10.9. The van der Waals surface area contributed by atoms with E-state index in [1.54, 1.807) is 22.8 Å². The molecule has 0 aliphatic carbocycles. The first-order valence-corrected chi connectivity index (χ1v) is 12.1. The van der Waals surface area contributed by atoms with E-state index < -0.39 is 5.25 Å². The van der Waals surface area contributed by atoms with Gasteiger partial charge in [-0.25, -0.2) is 4.98 Å². The average molecular weight is 472 g/mol. The van der Waals surface area contributed by atoms with Crippen LogP contribution in [0.1, 0.15) is 41.6 Å². The van der Waals surface area contributed by atoms with Crippen LogP contribution in [0.4, 0.5) is 5.69 Å². The Bertz CT molecular complexity index is 1290. The molecule has 2 aromatic heterocycles. The number of carbonyl (C=O) groups excluding carboxylic acids is 2. The molecular weight excluding hydrogens is 446 g/mol. The molecule has 0 saturated carbocycles. The van der Waals surface area contributed by atoms with Crippen LogP contribution >= 0.6 is 23.1 Å². The smallest absolute Gasteiger partial charge is 0.263 e. The SMILES string of the molecule is Cc1sc2nc(SC(C)C(=O)c3ccc4c(c3)NC(=O)CO4)n(CC(C)C)c(=O)c2c1C. The Morgan fingerprint density at radius 2 is 2.03 bits per heavy atom. The van der Waals surface area contributed by atoms with Crippen molar-refractivity contribution in [3.8, 4) is 5.75 Å². The standard InChI is InChI=1S/C23H25N3O4S2/c1-11(2)9-26-22(29)19-12(3)13(4)31-21(19)25-23(26)32-14(5)20(28)15-6-7-17-16(8-15)24-18(27)10-30-17/h6-8,11,14H,9-10H2,1-5H3,(H,24,27). The number of benzene rings is 1. The Labute approximate surface area is 194 Å². The minimum Gasteiger partial charge on any atom is -0.482 e. The zero-order valence-electron chi connectivity index (χ0n) is 18.6. The van der Waals surface area contributed by atoms with Gasteiger partial charge in [0.2, 0.25) is 0 Å². The van der Waals surface area contributed by atoms with Crippen molar-refractivity contribution in [3.05, 3.63) is 44.6 Å². The number of aryl methyl sites for hydroxylation is 2. The van der Waals surface area contributed by atoms with Crippen LogP contribution in [-0.2, 0) is 11.3 Å². The van der Waals surface area contributed by atoms with Crippen LogP contribution in [0.3, 0.4) is 0 Å². The molecule has 0 spiro atoms. The largest absolute Gasteiger partial charge is 0.482 e. The normalized spacial score (nSPS) is 14.2. The zero-order valence-corrected chi connectivity index (χ0v) is 20.3. The third-order valence-electron chi connectivity index (χ3n) is 5.35. The van der Waals surface area contributed by atoms with Crippen molar-refractivity contribution in [1.82, 2.24) is 9.55 Å². The first-order chi connectivity index (χ1) is 15.2. The number of ketones is 1. The van der Waals surface area contributed by atoms with E-state index in [0.29, 0.717) is 38.9 Å². The fourth-order valence-electron chi connectivity index (χ4n) is 3.61. The molecule has 3 heterocycles. The minimum absolute atomic E-state index is 0.0320. The van der Waals surface area contributed by atoms with Crippen molar-refractivity contribution >= 4 is 50.7 Å². The number of nitrogens with one attached hydrogen (secondary N) is 1. The molecule has 0 bridgehead atoms. The first-order valence-electron chi connectivity index (χ1n) is 10.4. The summed E-state index contributed by atoms with van der Waals surface area (Å²) in [6, 6.07) is 5.02. The van der Waals surface area contributed by atoms with Crippen LogP contribution < -0.4 is 15.6 Å². The van der Waals surface area contributed by atoms with Crippen molar-refractivity contribution in [2.75, 3.05) is 11.9 Å². The van der Waals surface area contributed by atoms with Gasteiger partial charge in [-0.05, 0) is 50.5 Å². The molecule has 1 aliphatic heterocycles. The van der Waals surface area contributed by atoms with Crippen molar-refractivity contribution in [3.63, 3.8) is 0 Å². The highest BCUT2D eigenvalue weighted by Gasteiger charge is 2.24. The second kappa shape index (κ2) is 8.71. The number of rotatable bonds is 6. The summed E-state index contributed by atoms with van der Waals surface area (Å²) in [5.41, 5.74) is 1.88. The van der Waals surface area contributed by atoms with Gasteiger partial charge in [0.15, 0.2) is 17.5 Å². The molecule has 1 N–H and O–H groups in total. The Morgan fingerprint density at radius 3 is 2.75 bits per heavy atom. The minimum atomic E-state index is -0.474. The number of nitrogens with zero attached hydrogens (tertiary/aromatic N) is 2. The number of hydrogen-bond donors (Lipinski definition) is 1. The van der Waals surface area contributed by atoms with Gasteiger partial charge in [-0.3, -0.25) is 19.0 Å². The molecule has 4 rings (SSSR count). The molecule has 168 valence electrons. The molecule has 1 aliphatic rings. The lowest BCUT2D eigenvalue weighted by Crippen LogP contribution is -2.27. The van der Waals surface area contributed by atoms with E-state index in [0.717, 1.165) is 10.4 Å². The summed E-state index contributed by atoms with van der Waals surface area (Å²) in [4.78, 5) is 44.7. The first kappa shape index (κ1) is 22.5. The number of aromatic nitrogens is 2. The van der Waals surface area contributed by atoms with Gasteiger partial charge in [-0.1, -0.05) is 25.6 Å². The topological polar surface area (TPSA) is 90.3 Å². The molecule has 1 unspecified atom stereocenters. The van der Waals surface area contributed by atoms with Crippen molar-refractivity contribution in [1.29, 1.82) is 0 Å². The molecular formula is C23H25N3O4S2. The third kappa shape index (κ3) is 4.19.